The molecule has 4 heterocycles. The summed E-state index contributed by atoms with van der Waals surface area (Å²) in [7, 11) is -3.75. The Balaban J connectivity index is 1.27. The van der Waals surface area contributed by atoms with Crippen LogP contribution in [0.1, 0.15) is 26.4 Å². The van der Waals surface area contributed by atoms with Crippen LogP contribution in [-0.4, -0.2) is 66.1 Å². The minimum Gasteiger partial charge on any atom is -0.335 e. The number of hydrogen-bond donors (Lipinski definition) is 0. The highest BCUT2D eigenvalue weighted by molar-refractivity contribution is 7.89. The maximum atomic E-state index is 13.5. The topological polar surface area (TPSA) is 73.8 Å². The number of fused-ring (bicyclic) bond motifs is 1. The lowest BCUT2D eigenvalue weighted by Gasteiger charge is -2.34. The van der Waals surface area contributed by atoms with Crippen molar-refractivity contribution in [1.29, 1.82) is 0 Å². The summed E-state index contributed by atoms with van der Waals surface area (Å²) in [6.07, 6.45) is 4.30. The van der Waals surface area contributed by atoms with Gasteiger partial charge >= 0.3 is 0 Å². The predicted molar refractivity (Wildman–Crippen MR) is 127 cm³/mol. The molecular weight excluding hydrogens is 456 g/mol. The second-order valence-electron chi connectivity index (χ2n) is 8.40. The molecule has 0 radical (unpaired) electrons. The number of rotatable bonds is 5. The summed E-state index contributed by atoms with van der Waals surface area (Å²) in [4.78, 5) is 22.0. The molecule has 9 heteroatoms. The van der Waals surface area contributed by atoms with E-state index in [1.807, 2.05) is 42.6 Å². The van der Waals surface area contributed by atoms with Crippen LogP contribution in [-0.2, 0) is 29.5 Å². The predicted octanol–water partition coefficient (Wildman–Crippen LogP) is 2.85. The lowest BCUT2D eigenvalue weighted by atomic mass is 10.0. The molecule has 0 unspecified atom stereocenters. The van der Waals surface area contributed by atoms with Gasteiger partial charge in [-0.05, 0) is 40.6 Å². The fraction of sp³-hybridized carbons (Fsp3) is 0.333. The van der Waals surface area contributed by atoms with Gasteiger partial charge in [0.15, 0.2) is 0 Å². The Morgan fingerprint density at radius 1 is 0.970 bits per heavy atom. The van der Waals surface area contributed by atoms with Gasteiger partial charge in [0, 0.05) is 58.2 Å². The van der Waals surface area contributed by atoms with Crippen LogP contribution in [0, 0.1) is 0 Å². The van der Waals surface area contributed by atoms with Crippen molar-refractivity contribution >= 4 is 27.3 Å². The van der Waals surface area contributed by atoms with Crippen LogP contribution in [0.25, 0.3) is 0 Å². The number of hydrogen-bond acceptors (Lipinski definition) is 6. The van der Waals surface area contributed by atoms with Crippen molar-refractivity contribution in [1.82, 2.24) is 19.1 Å². The zero-order chi connectivity index (χ0) is 22.8. The standard InChI is InChI=1S/C24H26N4O3S2/c29-24(27-13-11-26(12-14-27)17-19-4-3-9-25-16-19)23-22(8-15-32-23)33(30,31)28-10-7-20-5-1-2-6-21(20)18-28/h1-6,8-9,15-16H,7,10-14,17-18H2. The second-order valence-corrected chi connectivity index (χ2v) is 11.2. The fourth-order valence-corrected chi connectivity index (χ4v) is 7.25. The third kappa shape index (κ3) is 4.59. The zero-order valence-corrected chi connectivity index (χ0v) is 19.9. The quantitative estimate of drug-likeness (QED) is 0.559. The summed E-state index contributed by atoms with van der Waals surface area (Å²) in [5.41, 5.74) is 3.36. The normalized spacial score (nSPS) is 17.6. The number of piperazine rings is 1. The molecule has 172 valence electrons. The monoisotopic (exact) mass is 482 g/mol. The molecule has 2 aromatic heterocycles. The summed E-state index contributed by atoms with van der Waals surface area (Å²) in [5, 5.41) is 1.71. The molecule has 2 aliphatic heterocycles. The van der Waals surface area contributed by atoms with Gasteiger partial charge < -0.3 is 4.90 Å². The first-order valence-electron chi connectivity index (χ1n) is 11.1. The molecule has 1 amide bonds. The number of aromatic nitrogens is 1. The van der Waals surface area contributed by atoms with E-state index < -0.39 is 10.0 Å². The maximum absolute atomic E-state index is 13.5. The summed E-state index contributed by atoms with van der Waals surface area (Å²) >= 11 is 1.21. The Hall–Kier alpha value is -2.59. The van der Waals surface area contributed by atoms with Gasteiger partial charge in [-0.25, -0.2) is 8.42 Å². The number of nitrogens with zero attached hydrogens (tertiary/aromatic N) is 4. The number of pyridine rings is 1. The number of carbonyl (C=O) groups excluding carboxylic acids is 1. The van der Waals surface area contributed by atoms with Crippen molar-refractivity contribution in [2.75, 3.05) is 32.7 Å². The Morgan fingerprint density at radius 2 is 1.76 bits per heavy atom. The first kappa shape index (κ1) is 22.2. The van der Waals surface area contributed by atoms with E-state index in [4.69, 9.17) is 0 Å². The van der Waals surface area contributed by atoms with Crippen LogP contribution < -0.4 is 0 Å². The largest absolute Gasteiger partial charge is 0.335 e. The summed E-state index contributed by atoms with van der Waals surface area (Å²) in [5.74, 6) is -0.193. The van der Waals surface area contributed by atoms with Crippen molar-refractivity contribution in [2.45, 2.75) is 24.4 Å². The molecule has 0 saturated carbocycles. The van der Waals surface area contributed by atoms with Gasteiger partial charge in [0.2, 0.25) is 10.0 Å². The maximum Gasteiger partial charge on any atom is 0.265 e. The third-order valence-electron chi connectivity index (χ3n) is 6.33. The van der Waals surface area contributed by atoms with Crippen LogP contribution >= 0.6 is 11.3 Å². The first-order valence-corrected chi connectivity index (χ1v) is 13.4. The van der Waals surface area contributed by atoms with Crippen LogP contribution in [0.15, 0.2) is 65.1 Å². The highest BCUT2D eigenvalue weighted by Crippen LogP contribution is 2.30. The van der Waals surface area contributed by atoms with Gasteiger partial charge in [-0.3, -0.25) is 14.7 Å². The fourth-order valence-electron chi connectivity index (χ4n) is 4.47. The number of sulfonamides is 1. The molecule has 0 bridgehead atoms. The van der Waals surface area contributed by atoms with Crippen molar-refractivity contribution in [3.05, 3.63) is 81.8 Å². The van der Waals surface area contributed by atoms with E-state index in [0.717, 1.165) is 30.8 Å². The van der Waals surface area contributed by atoms with Crippen LogP contribution in [0.2, 0.25) is 0 Å². The lowest BCUT2D eigenvalue weighted by Crippen LogP contribution is -2.48. The summed E-state index contributed by atoms with van der Waals surface area (Å²) in [6.45, 7) is 4.21. The summed E-state index contributed by atoms with van der Waals surface area (Å²) in [6, 6.07) is 13.5. The second kappa shape index (κ2) is 9.34. The average Bonchev–Trinajstić information content (AvgIpc) is 3.35. The Labute approximate surface area is 198 Å². The first-order chi connectivity index (χ1) is 16.0. The minimum absolute atomic E-state index is 0.134. The van der Waals surface area contributed by atoms with Crippen molar-refractivity contribution < 1.29 is 13.2 Å². The van der Waals surface area contributed by atoms with E-state index in [1.54, 1.807) is 22.5 Å². The van der Waals surface area contributed by atoms with E-state index >= 15 is 0 Å². The number of benzene rings is 1. The lowest BCUT2D eigenvalue weighted by molar-refractivity contribution is 0.0629. The van der Waals surface area contributed by atoms with Gasteiger partial charge in [-0.2, -0.15) is 4.31 Å². The molecule has 0 aliphatic carbocycles. The molecule has 5 rings (SSSR count). The van der Waals surface area contributed by atoms with Crippen molar-refractivity contribution in [2.24, 2.45) is 0 Å². The molecule has 2 aliphatic rings. The van der Waals surface area contributed by atoms with E-state index in [0.29, 0.717) is 37.5 Å². The highest BCUT2D eigenvalue weighted by Gasteiger charge is 2.34. The number of thiophene rings is 1. The average molecular weight is 483 g/mol. The molecule has 1 fully saturated rings. The van der Waals surface area contributed by atoms with Crippen molar-refractivity contribution in [3.63, 3.8) is 0 Å². The van der Waals surface area contributed by atoms with Gasteiger partial charge in [0.25, 0.3) is 5.91 Å². The number of carbonyl (C=O) groups is 1. The molecule has 33 heavy (non-hydrogen) atoms. The smallest absolute Gasteiger partial charge is 0.265 e. The molecule has 1 aromatic carbocycles. The molecule has 3 aromatic rings. The molecule has 0 atom stereocenters. The SMILES string of the molecule is O=C(c1sccc1S(=O)(=O)N1CCc2ccccc2C1)N1CCN(Cc2cccnc2)CC1. The molecule has 0 N–H and O–H groups in total. The zero-order valence-electron chi connectivity index (χ0n) is 18.3. The van der Waals surface area contributed by atoms with Gasteiger partial charge in [-0.15, -0.1) is 11.3 Å². The Kier molecular flexibility index (Phi) is 6.29. The molecule has 1 saturated heterocycles. The Bertz CT molecular complexity index is 1240. The van der Waals surface area contributed by atoms with Gasteiger partial charge in [0.1, 0.15) is 9.77 Å². The van der Waals surface area contributed by atoms with Crippen LogP contribution in [0.4, 0.5) is 0 Å². The van der Waals surface area contributed by atoms with Crippen LogP contribution in [0.5, 0.6) is 0 Å². The van der Waals surface area contributed by atoms with Gasteiger partial charge in [0.05, 0.1) is 0 Å². The number of amides is 1. The van der Waals surface area contributed by atoms with Crippen LogP contribution in [0.3, 0.4) is 0 Å². The van der Waals surface area contributed by atoms with E-state index in [1.165, 1.54) is 21.2 Å². The molecule has 0 spiro atoms. The third-order valence-corrected chi connectivity index (χ3v) is 9.24. The minimum atomic E-state index is -3.75. The molecule has 7 nitrogen and oxygen atoms in total. The van der Waals surface area contributed by atoms with E-state index in [-0.39, 0.29) is 10.8 Å². The highest BCUT2D eigenvalue weighted by atomic mass is 32.2. The van der Waals surface area contributed by atoms with E-state index in [9.17, 15) is 13.2 Å². The van der Waals surface area contributed by atoms with Crippen molar-refractivity contribution in [3.8, 4) is 0 Å². The van der Waals surface area contributed by atoms with Gasteiger partial charge in [-0.1, -0.05) is 30.3 Å². The van der Waals surface area contributed by atoms with E-state index in [2.05, 4.69) is 9.88 Å². The molecular formula is C24H26N4O3S2. The summed E-state index contributed by atoms with van der Waals surface area (Å²) < 4.78 is 28.4. The Morgan fingerprint density at radius 3 is 2.52 bits per heavy atom.